The van der Waals surface area contributed by atoms with E-state index in [2.05, 4.69) is 34.8 Å². The van der Waals surface area contributed by atoms with Gasteiger partial charge >= 0.3 is 5.96 Å². The molecule has 14 nitrogen and oxygen atoms in total. The Balaban J connectivity index is 1.32. The molecule has 0 saturated carbocycles. The van der Waals surface area contributed by atoms with Gasteiger partial charge in [-0.25, -0.2) is 9.57 Å². The van der Waals surface area contributed by atoms with Gasteiger partial charge in [-0.15, -0.1) is 0 Å². The summed E-state index contributed by atoms with van der Waals surface area (Å²) in [5.74, 6) is -3.37. The van der Waals surface area contributed by atoms with Crippen LogP contribution in [0.25, 0.3) is 0 Å². The maximum atomic E-state index is 13.5. The molecule has 1 aromatic carbocycles. The second-order valence-corrected chi connectivity index (χ2v) is 11.4. The zero-order valence-corrected chi connectivity index (χ0v) is 21.7. The minimum Gasteiger partial charge on any atom is -0.492 e. The normalized spacial score (nSPS) is 31.9. The lowest BCUT2D eigenvalue weighted by molar-refractivity contribution is -0.623. The number of guanidine groups is 2. The summed E-state index contributed by atoms with van der Waals surface area (Å²) in [6.07, 6.45) is 1.02. The lowest BCUT2D eigenvalue weighted by atomic mass is 9.79. The third-order valence-corrected chi connectivity index (χ3v) is 8.67. The van der Waals surface area contributed by atoms with Gasteiger partial charge in [-0.05, 0) is 17.9 Å². The predicted octanol–water partition coefficient (Wildman–Crippen LogP) is -3.03. The summed E-state index contributed by atoms with van der Waals surface area (Å²) in [6.45, 7) is 4.43. The molecule has 4 atom stereocenters. The van der Waals surface area contributed by atoms with Gasteiger partial charge in [0.15, 0.2) is 5.96 Å². The van der Waals surface area contributed by atoms with Gasteiger partial charge in [-0.3, -0.25) is 30.3 Å². The van der Waals surface area contributed by atoms with E-state index in [1.165, 1.54) is 4.58 Å². The van der Waals surface area contributed by atoms with Crippen LogP contribution >= 0.6 is 0 Å². The molecule has 3 amide bonds. The Kier molecular flexibility index (Phi) is 5.40. The largest absolute Gasteiger partial charge is 0.492 e. The molecule has 39 heavy (non-hydrogen) atoms. The van der Waals surface area contributed by atoms with Crippen LogP contribution in [-0.4, -0.2) is 98.6 Å². The van der Waals surface area contributed by atoms with Crippen molar-refractivity contribution in [1.29, 1.82) is 0 Å². The molecule has 1 spiro atoms. The fraction of sp³-hybridized carbons (Fsp3) is 0.560. The third-order valence-electron chi connectivity index (χ3n) is 8.67. The number of imide groups is 1. The van der Waals surface area contributed by atoms with Gasteiger partial charge in [-0.1, -0.05) is 26.0 Å². The average molecular weight is 542 g/mol. The minimum atomic E-state index is -2.63. The van der Waals surface area contributed by atoms with E-state index >= 15 is 0 Å². The van der Waals surface area contributed by atoms with Crippen molar-refractivity contribution in [2.75, 3.05) is 19.7 Å². The summed E-state index contributed by atoms with van der Waals surface area (Å²) in [5, 5.41) is 32.0. The van der Waals surface area contributed by atoms with Crippen LogP contribution in [-0.2, 0) is 15.0 Å². The van der Waals surface area contributed by atoms with Crippen molar-refractivity contribution in [2.45, 2.75) is 68.1 Å². The summed E-state index contributed by atoms with van der Waals surface area (Å²) in [6, 6.07) is 2.35. The van der Waals surface area contributed by atoms with Crippen molar-refractivity contribution < 1.29 is 33.9 Å². The summed E-state index contributed by atoms with van der Waals surface area (Å²) < 4.78 is 7.35. The second-order valence-electron chi connectivity index (χ2n) is 11.4. The van der Waals surface area contributed by atoms with E-state index in [9.17, 15) is 24.6 Å². The molecule has 5 aliphatic rings. The van der Waals surface area contributed by atoms with E-state index in [4.69, 9.17) is 16.2 Å². The number of nitrogens with zero attached hydrogens (tertiary/aromatic N) is 3. The maximum Gasteiger partial charge on any atom is 0.346 e. The summed E-state index contributed by atoms with van der Waals surface area (Å²) in [7, 11) is 0. The molecular formula is C25H33N8O6+. The van der Waals surface area contributed by atoms with Crippen molar-refractivity contribution in [2.24, 2.45) is 16.5 Å². The highest BCUT2D eigenvalue weighted by atomic mass is 16.5. The van der Waals surface area contributed by atoms with E-state index in [1.54, 1.807) is 12.1 Å². The molecule has 0 radical (unpaired) electrons. The quantitative estimate of drug-likeness (QED) is 0.117. The van der Waals surface area contributed by atoms with Crippen LogP contribution in [0, 0.1) is 0 Å². The van der Waals surface area contributed by atoms with E-state index in [1.807, 2.05) is 6.07 Å². The highest BCUT2D eigenvalue weighted by molar-refractivity contribution is 6.02. The zero-order chi connectivity index (χ0) is 27.9. The summed E-state index contributed by atoms with van der Waals surface area (Å²) in [4.78, 5) is 43.6. The number of para-hydroxylation sites is 1. The van der Waals surface area contributed by atoms with Gasteiger partial charge in [0.05, 0.1) is 25.3 Å². The summed E-state index contributed by atoms with van der Waals surface area (Å²) in [5.41, 5.74) is 11.6. The molecule has 1 unspecified atom stereocenters. The van der Waals surface area contributed by atoms with Crippen LogP contribution in [0.1, 0.15) is 49.0 Å². The smallest absolute Gasteiger partial charge is 0.346 e. The Morgan fingerprint density at radius 2 is 1.97 bits per heavy atom. The molecule has 208 valence electrons. The molecule has 0 aromatic heterocycles. The van der Waals surface area contributed by atoms with Crippen LogP contribution in [0.3, 0.4) is 0 Å². The Hall–Kier alpha value is -3.91. The molecule has 0 aliphatic carbocycles. The topological polar surface area (TPSA) is 208 Å². The number of hydrogen-bond donors (Lipinski definition) is 7. The molecule has 1 aromatic rings. The highest BCUT2D eigenvalue weighted by Crippen LogP contribution is 2.43. The first-order chi connectivity index (χ1) is 18.4. The first-order valence-electron chi connectivity index (χ1n) is 13.0. The van der Waals surface area contributed by atoms with E-state index in [0.29, 0.717) is 12.4 Å². The van der Waals surface area contributed by atoms with Gasteiger partial charge in [-0.2, -0.15) is 0 Å². The molecule has 5 aliphatic heterocycles. The number of fused-ring (bicyclic) bond motifs is 1. The van der Waals surface area contributed by atoms with Gasteiger partial charge in [0.25, 0.3) is 5.91 Å². The number of carbonyl (C=O) groups excluding carboxylic acids is 3. The predicted molar refractivity (Wildman–Crippen MR) is 136 cm³/mol. The van der Waals surface area contributed by atoms with E-state index in [-0.39, 0.29) is 60.6 Å². The number of likely N-dealkylation sites (tertiary alicyclic amines) is 1. The fourth-order valence-electron chi connectivity index (χ4n) is 6.51. The van der Waals surface area contributed by atoms with Crippen LogP contribution in [0.15, 0.2) is 23.2 Å². The number of nitrogens with two attached hydrogens (primary N) is 2. The van der Waals surface area contributed by atoms with Crippen LogP contribution in [0.4, 0.5) is 0 Å². The number of aliphatic hydroxyl groups is 2. The van der Waals surface area contributed by atoms with Gasteiger partial charge in [0, 0.05) is 18.4 Å². The molecular weight excluding hydrogens is 508 g/mol. The molecule has 6 rings (SSSR count). The van der Waals surface area contributed by atoms with Crippen molar-refractivity contribution >= 4 is 29.6 Å². The average Bonchev–Trinajstić information content (AvgIpc) is 3.46. The number of carbonyl (C=O) groups is 3. The Labute approximate surface area is 224 Å². The standard InChI is InChI=1S/C25H32N8O6/c1-23(2)8-9-39-18-12(4-3-5-13(18)23)20(36)29-15-11-33-22(27)28-14(10-32-16(34)6-7-17(32)35)19-24(33,25(15,37)38)31-21(26)30-19/h3-5,14-15,19,37-38H,6-11H2,1-2H3,(H6,26,27,28,29,30,31,36)/p+1/t14-,15?,19-,24-/m0/s1. The lowest BCUT2D eigenvalue weighted by Gasteiger charge is -2.44. The number of nitrogens with one attached hydrogen (secondary N) is 3. The molecule has 2 saturated heterocycles. The van der Waals surface area contributed by atoms with Crippen molar-refractivity contribution in [3.05, 3.63) is 29.3 Å². The summed E-state index contributed by atoms with van der Waals surface area (Å²) >= 11 is 0. The molecule has 5 heterocycles. The van der Waals surface area contributed by atoms with Crippen LogP contribution in [0.2, 0.25) is 0 Å². The monoisotopic (exact) mass is 541 g/mol. The van der Waals surface area contributed by atoms with Gasteiger partial charge < -0.3 is 31.3 Å². The Bertz CT molecular complexity index is 1340. The number of hydrogen-bond acceptors (Lipinski definition) is 11. The van der Waals surface area contributed by atoms with Crippen LogP contribution < -0.4 is 32.2 Å². The number of amides is 3. The lowest BCUT2D eigenvalue weighted by Crippen LogP contribution is -2.79. The zero-order valence-electron chi connectivity index (χ0n) is 21.7. The van der Waals surface area contributed by atoms with Crippen molar-refractivity contribution in [3.63, 3.8) is 0 Å². The van der Waals surface area contributed by atoms with Gasteiger partial charge in [0.1, 0.15) is 23.9 Å². The molecule has 14 heteroatoms. The molecule has 9 N–H and O–H groups in total. The van der Waals surface area contributed by atoms with E-state index < -0.39 is 35.5 Å². The first kappa shape index (κ1) is 25.4. The first-order valence-corrected chi connectivity index (χ1v) is 13.0. The Morgan fingerprint density at radius 3 is 2.69 bits per heavy atom. The minimum absolute atomic E-state index is 0.0548. The van der Waals surface area contributed by atoms with Gasteiger partial charge in [0.2, 0.25) is 23.3 Å². The maximum absolute atomic E-state index is 13.5. The Morgan fingerprint density at radius 1 is 1.26 bits per heavy atom. The van der Waals surface area contributed by atoms with Crippen molar-refractivity contribution in [3.8, 4) is 5.75 Å². The second kappa shape index (κ2) is 8.29. The fourth-order valence-corrected chi connectivity index (χ4v) is 6.51. The highest BCUT2D eigenvalue weighted by Gasteiger charge is 2.75. The van der Waals surface area contributed by atoms with E-state index in [0.717, 1.165) is 16.9 Å². The molecule has 0 bridgehead atoms. The number of ether oxygens (including phenoxy) is 1. The number of aliphatic imine (C=N–C) groups is 1. The molecule has 2 fully saturated rings. The number of rotatable bonds is 4. The third kappa shape index (κ3) is 3.50. The SMILES string of the molecule is CC1(C)CCOc2c(C(=O)NC3C[N+]4=C(N)N[C@@H](CN5C(=O)CCC5=O)[C@@H]5N=C(N)N[C@@]54C3(O)O)cccc21. The van der Waals surface area contributed by atoms with Crippen molar-refractivity contribution in [1.82, 2.24) is 20.9 Å². The number of benzene rings is 1. The van der Waals surface area contributed by atoms with Crippen LogP contribution in [0.5, 0.6) is 5.75 Å².